The van der Waals surface area contributed by atoms with Gasteiger partial charge in [-0.3, -0.25) is 0 Å². The summed E-state index contributed by atoms with van der Waals surface area (Å²) in [5.41, 5.74) is 0.836. The number of aromatic carboxylic acids is 1. The second-order valence-electron chi connectivity index (χ2n) is 4.91. The zero-order valence-electron chi connectivity index (χ0n) is 11.9. The molecule has 4 nitrogen and oxygen atoms in total. The number of carbonyl (C=O) groups is 1. The Kier molecular flexibility index (Phi) is 5.73. The van der Waals surface area contributed by atoms with Crippen LogP contribution < -0.4 is 0 Å². The second kappa shape index (κ2) is 7.36. The number of imidazole rings is 1. The van der Waals surface area contributed by atoms with Gasteiger partial charge in [0.25, 0.3) is 0 Å². The van der Waals surface area contributed by atoms with Crippen molar-refractivity contribution in [2.24, 2.45) is 0 Å². The normalized spacial score (nSPS) is 10.9. The van der Waals surface area contributed by atoms with Crippen LogP contribution in [0.1, 0.15) is 41.6 Å². The maximum atomic E-state index is 11.4. The first-order valence-corrected chi connectivity index (χ1v) is 7.99. The number of halogens is 3. The third-order valence-corrected chi connectivity index (χ3v) is 4.29. The molecule has 22 heavy (non-hydrogen) atoms. The molecule has 1 heterocycles. The summed E-state index contributed by atoms with van der Waals surface area (Å²) in [4.78, 5) is 15.6. The number of rotatable bonds is 6. The minimum Gasteiger partial charge on any atom is -0.476 e. The number of carboxylic acid groups (broad SMARTS) is 1. The van der Waals surface area contributed by atoms with Gasteiger partial charge in [0.2, 0.25) is 0 Å². The smallest absolute Gasteiger partial charge is 0.355 e. The van der Waals surface area contributed by atoms with Crippen LogP contribution in [0.4, 0.5) is 0 Å². The molecule has 7 heteroatoms. The van der Waals surface area contributed by atoms with Crippen LogP contribution in [0, 0.1) is 0 Å². The van der Waals surface area contributed by atoms with E-state index in [4.69, 9.17) is 34.8 Å². The van der Waals surface area contributed by atoms with Gasteiger partial charge in [-0.05, 0) is 24.1 Å². The molecule has 0 saturated carbocycles. The predicted molar refractivity (Wildman–Crippen MR) is 88.4 cm³/mol. The van der Waals surface area contributed by atoms with Crippen molar-refractivity contribution < 1.29 is 9.90 Å². The highest BCUT2D eigenvalue weighted by atomic mass is 35.5. The topological polar surface area (TPSA) is 55.1 Å². The number of unbranched alkanes of at least 4 members (excludes halogenated alkanes) is 1. The fourth-order valence-corrected chi connectivity index (χ4v) is 2.79. The van der Waals surface area contributed by atoms with Gasteiger partial charge < -0.3 is 9.67 Å². The van der Waals surface area contributed by atoms with Crippen LogP contribution in [0.15, 0.2) is 18.2 Å². The molecule has 0 bridgehead atoms. The monoisotopic (exact) mass is 360 g/mol. The Hall–Kier alpha value is -1.23. The minimum atomic E-state index is -1.10. The number of hydrogen-bond acceptors (Lipinski definition) is 2. The average Bonchev–Trinajstić information content (AvgIpc) is 2.76. The lowest BCUT2D eigenvalue weighted by atomic mass is 10.2. The SMILES string of the molecule is CCCCc1nc(Cl)c(C(=O)O)n1Cc1ccc(Cl)c(Cl)c1. The first kappa shape index (κ1) is 17.1. The first-order valence-electron chi connectivity index (χ1n) is 6.86. The molecule has 0 aliphatic carbocycles. The Morgan fingerprint density at radius 2 is 2.00 bits per heavy atom. The second-order valence-corrected chi connectivity index (χ2v) is 6.08. The van der Waals surface area contributed by atoms with Crippen LogP contribution in [0.25, 0.3) is 0 Å². The summed E-state index contributed by atoms with van der Waals surface area (Å²) < 4.78 is 1.62. The van der Waals surface area contributed by atoms with E-state index in [1.807, 2.05) is 0 Å². The third-order valence-electron chi connectivity index (χ3n) is 3.29. The molecule has 0 unspecified atom stereocenters. The minimum absolute atomic E-state index is 0.00107. The molecule has 1 N–H and O–H groups in total. The van der Waals surface area contributed by atoms with Crippen molar-refractivity contribution in [3.63, 3.8) is 0 Å². The molecule has 2 aromatic rings. The average molecular weight is 362 g/mol. The maximum absolute atomic E-state index is 11.4. The first-order chi connectivity index (χ1) is 10.4. The summed E-state index contributed by atoms with van der Waals surface area (Å²) >= 11 is 17.9. The van der Waals surface area contributed by atoms with Crippen molar-refractivity contribution in [1.82, 2.24) is 9.55 Å². The summed E-state index contributed by atoms with van der Waals surface area (Å²) in [6.07, 6.45) is 2.57. The fraction of sp³-hybridized carbons (Fsp3) is 0.333. The zero-order valence-corrected chi connectivity index (χ0v) is 14.2. The molecule has 0 aliphatic rings. The van der Waals surface area contributed by atoms with Gasteiger partial charge in [-0.1, -0.05) is 54.2 Å². The molecule has 0 atom stereocenters. The van der Waals surface area contributed by atoms with Gasteiger partial charge in [0, 0.05) is 13.0 Å². The highest BCUT2D eigenvalue weighted by molar-refractivity contribution is 6.42. The third kappa shape index (κ3) is 3.75. The Balaban J connectivity index is 2.42. The van der Waals surface area contributed by atoms with Crippen molar-refractivity contribution in [2.45, 2.75) is 32.7 Å². The van der Waals surface area contributed by atoms with Crippen molar-refractivity contribution in [1.29, 1.82) is 0 Å². The molecular weight excluding hydrogens is 347 g/mol. The lowest BCUT2D eigenvalue weighted by Crippen LogP contribution is -2.13. The number of aromatic nitrogens is 2. The van der Waals surface area contributed by atoms with Gasteiger partial charge in [-0.15, -0.1) is 0 Å². The van der Waals surface area contributed by atoms with E-state index in [2.05, 4.69) is 11.9 Å². The van der Waals surface area contributed by atoms with Crippen molar-refractivity contribution >= 4 is 40.8 Å². The molecule has 0 fully saturated rings. The van der Waals surface area contributed by atoms with E-state index in [9.17, 15) is 9.90 Å². The van der Waals surface area contributed by atoms with E-state index in [-0.39, 0.29) is 10.8 Å². The lowest BCUT2D eigenvalue weighted by Gasteiger charge is -2.11. The number of hydrogen-bond donors (Lipinski definition) is 1. The van der Waals surface area contributed by atoms with Gasteiger partial charge in [0.15, 0.2) is 10.8 Å². The lowest BCUT2D eigenvalue weighted by molar-refractivity contribution is 0.0685. The molecule has 0 aliphatic heterocycles. The van der Waals surface area contributed by atoms with Crippen LogP contribution in [0.2, 0.25) is 15.2 Å². The molecule has 0 spiro atoms. The van der Waals surface area contributed by atoms with E-state index in [0.29, 0.717) is 28.8 Å². The summed E-state index contributed by atoms with van der Waals surface area (Å²) in [6.45, 7) is 2.39. The van der Waals surface area contributed by atoms with Gasteiger partial charge >= 0.3 is 5.97 Å². The molecule has 0 radical (unpaired) electrons. The molecule has 0 amide bonds. The molecule has 2 rings (SSSR count). The predicted octanol–water partition coefficient (Wildman–Crippen LogP) is 4.93. The molecule has 118 valence electrons. The molecular formula is C15H15Cl3N2O2. The molecule has 0 saturated heterocycles. The highest BCUT2D eigenvalue weighted by Crippen LogP contribution is 2.25. The molecule has 1 aromatic carbocycles. The summed E-state index contributed by atoms with van der Waals surface area (Å²) in [7, 11) is 0. The van der Waals surface area contributed by atoms with Gasteiger partial charge in [0.05, 0.1) is 10.0 Å². The van der Waals surface area contributed by atoms with Crippen LogP contribution in [0.3, 0.4) is 0 Å². The largest absolute Gasteiger partial charge is 0.476 e. The quantitative estimate of drug-likeness (QED) is 0.793. The van der Waals surface area contributed by atoms with Gasteiger partial charge in [-0.25, -0.2) is 9.78 Å². The number of benzene rings is 1. The van der Waals surface area contributed by atoms with Crippen molar-refractivity contribution in [3.05, 3.63) is 50.5 Å². The van der Waals surface area contributed by atoms with Crippen molar-refractivity contribution in [3.8, 4) is 0 Å². The Morgan fingerprint density at radius 1 is 1.27 bits per heavy atom. The van der Waals surface area contributed by atoms with E-state index in [1.54, 1.807) is 22.8 Å². The number of carboxylic acids is 1. The van der Waals surface area contributed by atoms with E-state index in [0.717, 1.165) is 18.4 Å². The van der Waals surface area contributed by atoms with Gasteiger partial charge in [-0.2, -0.15) is 0 Å². The summed E-state index contributed by atoms with van der Waals surface area (Å²) in [5, 5.41) is 10.3. The van der Waals surface area contributed by atoms with Crippen molar-refractivity contribution in [2.75, 3.05) is 0 Å². The summed E-state index contributed by atoms with van der Waals surface area (Å²) in [6, 6.07) is 5.20. The number of aryl methyl sites for hydroxylation is 1. The van der Waals surface area contributed by atoms with Crippen LogP contribution in [0.5, 0.6) is 0 Å². The molecule has 1 aromatic heterocycles. The van der Waals surface area contributed by atoms with E-state index < -0.39 is 5.97 Å². The van der Waals surface area contributed by atoms with Gasteiger partial charge in [0.1, 0.15) is 5.82 Å². The van der Waals surface area contributed by atoms with E-state index >= 15 is 0 Å². The Morgan fingerprint density at radius 3 is 2.59 bits per heavy atom. The van der Waals surface area contributed by atoms with E-state index in [1.165, 1.54) is 0 Å². The zero-order chi connectivity index (χ0) is 16.3. The standard InChI is InChI=1S/C15H15Cl3N2O2/c1-2-3-4-12-19-14(18)13(15(21)22)20(12)8-9-5-6-10(16)11(17)7-9/h5-7H,2-4,8H2,1H3,(H,21,22). The number of nitrogens with zero attached hydrogens (tertiary/aromatic N) is 2. The Labute approximate surface area is 143 Å². The van der Waals surface area contributed by atoms with Crippen LogP contribution in [-0.2, 0) is 13.0 Å². The van der Waals surface area contributed by atoms with Crippen LogP contribution >= 0.6 is 34.8 Å². The Bertz CT molecular complexity index is 698. The fourth-order valence-electron chi connectivity index (χ4n) is 2.19. The van der Waals surface area contributed by atoms with Crippen LogP contribution in [-0.4, -0.2) is 20.6 Å². The summed E-state index contributed by atoms with van der Waals surface area (Å²) in [5.74, 6) is -0.435. The maximum Gasteiger partial charge on any atom is 0.355 e. The highest BCUT2D eigenvalue weighted by Gasteiger charge is 2.21.